The molecule has 0 saturated carbocycles. The van der Waals surface area contributed by atoms with Gasteiger partial charge in [-0.3, -0.25) is 0 Å². The predicted octanol–water partition coefficient (Wildman–Crippen LogP) is 0.926. The van der Waals surface area contributed by atoms with Gasteiger partial charge in [-0.1, -0.05) is 0 Å². The molecule has 0 fully saturated rings. The van der Waals surface area contributed by atoms with Crippen LogP contribution in [0.1, 0.15) is 5.56 Å². The fraction of sp³-hybridized carbons (Fsp3) is 0.571. The Bertz CT molecular complexity index is 430. The Morgan fingerprint density at radius 2 is 2.10 bits per heavy atom. The van der Waals surface area contributed by atoms with E-state index in [0.29, 0.717) is 24.7 Å². The van der Waals surface area contributed by atoms with Crippen molar-refractivity contribution in [2.75, 3.05) is 40.6 Å². The van der Waals surface area contributed by atoms with Gasteiger partial charge < -0.3 is 29.7 Å². The summed E-state index contributed by atoms with van der Waals surface area (Å²) in [6.45, 7) is 1.74. The molecule has 0 heterocycles. The van der Waals surface area contributed by atoms with E-state index in [2.05, 4.69) is 21.2 Å². The summed E-state index contributed by atoms with van der Waals surface area (Å²) in [7, 11) is 3.22. The highest BCUT2D eigenvalue weighted by Gasteiger charge is 2.13. The average molecular weight is 364 g/mol. The highest BCUT2D eigenvalue weighted by atomic mass is 79.9. The number of halogens is 1. The van der Waals surface area contributed by atoms with Crippen LogP contribution in [0.2, 0.25) is 0 Å². The predicted molar refractivity (Wildman–Crippen MR) is 82.9 cm³/mol. The third kappa shape index (κ3) is 6.19. The molecule has 0 aromatic heterocycles. The molecule has 21 heavy (non-hydrogen) atoms. The van der Waals surface area contributed by atoms with Crippen LogP contribution in [0.15, 0.2) is 16.6 Å². The number of hydrogen-bond donors (Lipinski definition) is 3. The molecule has 3 N–H and O–H groups in total. The molecule has 0 spiro atoms. The molecule has 120 valence electrons. The lowest BCUT2D eigenvalue weighted by Gasteiger charge is -2.16. The molecular formula is C14H22BrNO5. The first-order valence-corrected chi connectivity index (χ1v) is 7.39. The van der Waals surface area contributed by atoms with Gasteiger partial charge in [-0.25, -0.2) is 0 Å². The van der Waals surface area contributed by atoms with Crippen molar-refractivity contribution in [2.45, 2.75) is 12.6 Å². The summed E-state index contributed by atoms with van der Waals surface area (Å²) >= 11 is 3.43. The van der Waals surface area contributed by atoms with Crippen LogP contribution in [0.4, 0.5) is 0 Å². The summed E-state index contributed by atoms with van der Waals surface area (Å²) in [5.41, 5.74) is 1.03. The summed E-state index contributed by atoms with van der Waals surface area (Å²) in [5, 5.41) is 21.4. The van der Waals surface area contributed by atoms with E-state index in [9.17, 15) is 5.11 Å². The van der Waals surface area contributed by atoms with Crippen LogP contribution in [0.5, 0.6) is 11.5 Å². The fourth-order valence-corrected chi connectivity index (χ4v) is 2.26. The second kappa shape index (κ2) is 9.97. The van der Waals surface area contributed by atoms with Gasteiger partial charge >= 0.3 is 0 Å². The zero-order valence-corrected chi connectivity index (χ0v) is 13.9. The molecule has 0 amide bonds. The second-order valence-electron chi connectivity index (χ2n) is 4.43. The van der Waals surface area contributed by atoms with E-state index in [1.807, 2.05) is 12.1 Å². The Hall–Kier alpha value is -0.860. The number of benzene rings is 1. The van der Waals surface area contributed by atoms with Crippen LogP contribution in [0.25, 0.3) is 0 Å². The highest BCUT2D eigenvalue weighted by molar-refractivity contribution is 9.10. The van der Waals surface area contributed by atoms with Crippen LogP contribution < -0.4 is 14.8 Å². The Kier molecular flexibility index (Phi) is 8.63. The molecule has 0 bridgehead atoms. The molecule has 1 rings (SSSR count). The van der Waals surface area contributed by atoms with Crippen molar-refractivity contribution in [1.29, 1.82) is 0 Å². The molecule has 1 aromatic carbocycles. The van der Waals surface area contributed by atoms with E-state index in [1.165, 1.54) is 0 Å². The van der Waals surface area contributed by atoms with Crippen molar-refractivity contribution in [3.8, 4) is 11.5 Å². The molecule has 7 heteroatoms. The number of ether oxygens (including phenoxy) is 3. The summed E-state index contributed by atoms with van der Waals surface area (Å²) in [6, 6.07) is 3.79. The summed E-state index contributed by atoms with van der Waals surface area (Å²) in [4.78, 5) is 0. The van der Waals surface area contributed by atoms with Crippen molar-refractivity contribution in [3.05, 3.63) is 22.2 Å². The van der Waals surface area contributed by atoms with Gasteiger partial charge in [-0.2, -0.15) is 0 Å². The first-order chi connectivity index (χ1) is 10.1. The Morgan fingerprint density at radius 3 is 2.71 bits per heavy atom. The topological polar surface area (TPSA) is 80.2 Å². The van der Waals surface area contributed by atoms with Gasteiger partial charge in [-0.05, 0) is 33.6 Å². The van der Waals surface area contributed by atoms with Gasteiger partial charge in [0.15, 0.2) is 11.5 Å². The third-order valence-electron chi connectivity index (χ3n) is 2.73. The number of nitrogens with one attached hydrogen (secondary N) is 1. The molecule has 0 aliphatic carbocycles. The molecule has 0 aliphatic heterocycles. The molecule has 1 atom stereocenters. The van der Waals surface area contributed by atoms with Crippen molar-refractivity contribution < 1.29 is 24.4 Å². The maximum absolute atomic E-state index is 9.34. The molecular weight excluding hydrogens is 342 g/mol. The van der Waals surface area contributed by atoms with Gasteiger partial charge in [0.05, 0.1) is 24.8 Å². The first kappa shape index (κ1) is 18.2. The Balaban J connectivity index is 2.72. The number of aliphatic hydroxyl groups is 2. The van der Waals surface area contributed by atoms with Crippen molar-refractivity contribution in [2.24, 2.45) is 0 Å². The van der Waals surface area contributed by atoms with E-state index in [4.69, 9.17) is 19.3 Å². The van der Waals surface area contributed by atoms with Crippen LogP contribution in [-0.2, 0) is 11.3 Å². The van der Waals surface area contributed by atoms with Crippen molar-refractivity contribution in [1.82, 2.24) is 5.32 Å². The molecule has 1 unspecified atom stereocenters. The summed E-state index contributed by atoms with van der Waals surface area (Å²) in [5.74, 6) is 1.07. The van der Waals surface area contributed by atoms with Crippen molar-refractivity contribution >= 4 is 15.9 Å². The maximum atomic E-state index is 9.34. The van der Waals surface area contributed by atoms with Gasteiger partial charge in [0.2, 0.25) is 0 Å². The van der Waals surface area contributed by atoms with Crippen molar-refractivity contribution in [3.63, 3.8) is 0 Å². The Morgan fingerprint density at radius 1 is 1.33 bits per heavy atom. The number of hydrogen-bond acceptors (Lipinski definition) is 6. The minimum atomic E-state index is -0.919. The van der Waals surface area contributed by atoms with Gasteiger partial charge in [0.25, 0.3) is 0 Å². The lowest BCUT2D eigenvalue weighted by Crippen LogP contribution is -2.21. The monoisotopic (exact) mass is 363 g/mol. The van der Waals surface area contributed by atoms with Gasteiger partial charge in [0, 0.05) is 20.2 Å². The smallest absolute Gasteiger partial charge is 0.175 e. The summed E-state index contributed by atoms with van der Waals surface area (Å²) in [6.07, 6.45) is -0.919. The quantitative estimate of drug-likeness (QED) is 0.536. The molecule has 1 aromatic rings. The molecule has 0 aliphatic rings. The molecule has 6 nitrogen and oxygen atoms in total. The van der Waals surface area contributed by atoms with Gasteiger partial charge in [-0.15, -0.1) is 0 Å². The van der Waals surface area contributed by atoms with Crippen LogP contribution >= 0.6 is 15.9 Å². The zero-order valence-electron chi connectivity index (χ0n) is 12.3. The van der Waals surface area contributed by atoms with Crippen LogP contribution in [0, 0.1) is 0 Å². The van der Waals surface area contributed by atoms with Gasteiger partial charge in [0.1, 0.15) is 12.7 Å². The van der Waals surface area contributed by atoms with E-state index >= 15 is 0 Å². The number of rotatable bonds is 10. The van der Waals surface area contributed by atoms with E-state index < -0.39 is 6.10 Å². The largest absolute Gasteiger partial charge is 0.493 e. The molecule has 0 radical (unpaired) electrons. The fourth-order valence-electron chi connectivity index (χ4n) is 1.65. The minimum Gasteiger partial charge on any atom is -0.493 e. The SMILES string of the molecule is COCCNCc1cc(Br)c(OCC(O)CO)c(OC)c1. The molecule has 0 saturated heterocycles. The summed E-state index contributed by atoms with van der Waals surface area (Å²) < 4.78 is 16.5. The van der Waals surface area contributed by atoms with E-state index in [1.54, 1.807) is 14.2 Å². The second-order valence-corrected chi connectivity index (χ2v) is 5.28. The standard InChI is InChI=1S/C14H22BrNO5/c1-19-4-3-16-7-10-5-12(15)14(13(6-10)20-2)21-9-11(18)8-17/h5-6,11,16-18H,3-4,7-9H2,1-2H3. The van der Waals surface area contributed by atoms with E-state index in [0.717, 1.165) is 16.6 Å². The lowest BCUT2D eigenvalue weighted by molar-refractivity contribution is 0.0524. The highest BCUT2D eigenvalue weighted by Crippen LogP contribution is 2.36. The number of aliphatic hydroxyl groups excluding tert-OH is 2. The van der Waals surface area contributed by atoms with Crippen LogP contribution in [-0.4, -0.2) is 56.9 Å². The lowest BCUT2D eigenvalue weighted by atomic mass is 10.2. The van der Waals surface area contributed by atoms with E-state index in [-0.39, 0.29) is 13.2 Å². The van der Waals surface area contributed by atoms with Crippen LogP contribution in [0.3, 0.4) is 0 Å². The zero-order chi connectivity index (χ0) is 15.7. The normalized spacial score (nSPS) is 12.2. The first-order valence-electron chi connectivity index (χ1n) is 6.60. The third-order valence-corrected chi connectivity index (χ3v) is 3.32. The average Bonchev–Trinajstić information content (AvgIpc) is 2.49. The Labute approximate surface area is 133 Å². The maximum Gasteiger partial charge on any atom is 0.175 e. The minimum absolute atomic E-state index is 0.00308. The number of methoxy groups -OCH3 is 2.